The van der Waals surface area contributed by atoms with Crippen molar-refractivity contribution in [3.63, 3.8) is 0 Å². The van der Waals surface area contributed by atoms with Gasteiger partial charge in [-0.3, -0.25) is 4.79 Å². The van der Waals surface area contributed by atoms with Gasteiger partial charge in [0.2, 0.25) is 5.91 Å². The Bertz CT molecular complexity index is 1250. The fourth-order valence-corrected chi connectivity index (χ4v) is 3.49. The Morgan fingerprint density at radius 2 is 1.93 bits per heavy atom. The number of carbonyl (C=O) groups excluding carboxylic acids is 1. The van der Waals surface area contributed by atoms with Crippen LogP contribution < -0.4 is 5.73 Å². The smallest absolute Gasteiger partial charge is 0.256 e. The standard InChI is InChI=1S/C20H15ClF3N5O/c21-14-5-11(1-3-15(14)22)19-20(28(10-27-19)9-16(23)24)12-2-4-18-26-7-13(6-17(25)30)29(18)8-12/h1-5,7-8,10,16H,6,9H2,(H2,25,30). The van der Waals surface area contributed by atoms with Crippen molar-refractivity contribution in [3.05, 3.63) is 65.6 Å². The first kappa shape index (κ1) is 20.0. The zero-order valence-corrected chi connectivity index (χ0v) is 16.2. The highest BCUT2D eigenvalue weighted by atomic mass is 35.5. The molecule has 0 atom stereocenters. The Labute approximate surface area is 173 Å². The highest BCUT2D eigenvalue weighted by Crippen LogP contribution is 2.34. The van der Waals surface area contributed by atoms with E-state index in [2.05, 4.69) is 9.97 Å². The lowest BCUT2D eigenvalue weighted by Gasteiger charge is -2.12. The summed E-state index contributed by atoms with van der Waals surface area (Å²) >= 11 is 5.90. The van der Waals surface area contributed by atoms with E-state index in [0.717, 1.165) is 0 Å². The second-order valence-electron chi connectivity index (χ2n) is 6.65. The maximum Gasteiger partial charge on any atom is 0.256 e. The van der Waals surface area contributed by atoms with Crippen LogP contribution in [-0.4, -0.2) is 31.3 Å². The van der Waals surface area contributed by atoms with E-state index >= 15 is 0 Å². The van der Waals surface area contributed by atoms with Gasteiger partial charge in [-0.15, -0.1) is 0 Å². The largest absolute Gasteiger partial charge is 0.369 e. The van der Waals surface area contributed by atoms with Gasteiger partial charge >= 0.3 is 0 Å². The SMILES string of the molecule is NC(=O)Cc1cnc2ccc(-c3c(-c4ccc(F)c(Cl)c4)ncn3CC(F)F)cn12. The number of benzene rings is 1. The lowest BCUT2D eigenvalue weighted by molar-refractivity contribution is -0.117. The summed E-state index contributed by atoms with van der Waals surface area (Å²) in [6.07, 6.45) is 1.87. The molecule has 0 radical (unpaired) electrons. The van der Waals surface area contributed by atoms with E-state index in [1.807, 2.05) is 0 Å². The minimum Gasteiger partial charge on any atom is -0.369 e. The number of rotatable bonds is 6. The Hall–Kier alpha value is -3.33. The fraction of sp³-hybridized carbons (Fsp3) is 0.150. The molecule has 1 aromatic carbocycles. The van der Waals surface area contributed by atoms with Crippen LogP contribution in [0.5, 0.6) is 0 Å². The lowest BCUT2D eigenvalue weighted by atomic mass is 10.1. The minimum atomic E-state index is -2.61. The number of aromatic nitrogens is 4. The van der Waals surface area contributed by atoms with Crippen LogP contribution in [0.15, 0.2) is 49.1 Å². The van der Waals surface area contributed by atoms with E-state index < -0.39 is 24.7 Å². The van der Waals surface area contributed by atoms with E-state index in [1.165, 1.54) is 35.3 Å². The highest BCUT2D eigenvalue weighted by Gasteiger charge is 2.19. The van der Waals surface area contributed by atoms with Crippen LogP contribution in [0.25, 0.3) is 28.2 Å². The molecule has 0 aliphatic carbocycles. The molecule has 2 N–H and O–H groups in total. The van der Waals surface area contributed by atoms with E-state index in [9.17, 15) is 18.0 Å². The first-order chi connectivity index (χ1) is 14.3. The van der Waals surface area contributed by atoms with Crippen LogP contribution in [-0.2, 0) is 17.8 Å². The highest BCUT2D eigenvalue weighted by molar-refractivity contribution is 6.31. The van der Waals surface area contributed by atoms with Crippen molar-refractivity contribution in [2.75, 3.05) is 0 Å². The number of amides is 1. The Morgan fingerprint density at radius 3 is 2.63 bits per heavy atom. The molecule has 0 unspecified atom stereocenters. The van der Waals surface area contributed by atoms with Crippen molar-refractivity contribution in [2.24, 2.45) is 5.73 Å². The van der Waals surface area contributed by atoms with Gasteiger partial charge in [0.15, 0.2) is 0 Å². The van der Waals surface area contributed by atoms with Gasteiger partial charge in [0.25, 0.3) is 6.43 Å². The Balaban J connectivity index is 1.90. The molecule has 6 nitrogen and oxygen atoms in total. The number of nitrogens with two attached hydrogens (primary N) is 1. The third-order valence-electron chi connectivity index (χ3n) is 4.58. The van der Waals surface area contributed by atoms with Crippen molar-refractivity contribution < 1.29 is 18.0 Å². The van der Waals surface area contributed by atoms with Gasteiger partial charge in [0.05, 0.1) is 41.4 Å². The predicted molar refractivity (Wildman–Crippen MR) is 106 cm³/mol. The molecule has 0 spiro atoms. The molecule has 4 rings (SSSR count). The summed E-state index contributed by atoms with van der Waals surface area (Å²) < 4.78 is 42.9. The number of primary amides is 1. The summed E-state index contributed by atoms with van der Waals surface area (Å²) in [5.74, 6) is -1.11. The Kier molecular flexibility index (Phi) is 5.21. The number of imidazole rings is 2. The van der Waals surface area contributed by atoms with Crippen LogP contribution in [0.3, 0.4) is 0 Å². The number of fused-ring (bicyclic) bond motifs is 1. The van der Waals surface area contributed by atoms with Gasteiger partial charge in [-0.2, -0.15) is 0 Å². The van der Waals surface area contributed by atoms with Gasteiger partial charge < -0.3 is 14.7 Å². The molecule has 154 valence electrons. The van der Waals surface area contributed by atoms with Crippen molar-refractivity contribution >= 4 is 23.2 Å². The third kappa shape index (κ3) is 3.76. The number of halogens is 4. The molecule has 0 aliphatic heterocycles. The molecule has 30 heavy (non-hydrogen) atoms. The van der Waals surface area contributed by atoms with Gasteiger partial charge in [-0.1, -0.05) is 11.6 Å². The number of pyridine rings is 1. The van der Waals surface area contributed by atoms with E-state index in [4.69, 9.17) is 17.3 Å². The maximum atomic E-state index is 13.6. The number of carbonyl (C=O) groups is 1. The molecular formula is C20H15ClF3N5O. The number of hydrogen-bond acceptors (Lipinski definition) is 3. The molecule has 0 saturated heterocycles. The van der Waals surface area contributed by atoms with Crippen molar-refractivity contribution in [1.82, 2.24) is 18.9 Å². The third-order valence-corrected chi connectivity index (χ3v) is 4.87. The van der Waals surface area contributed by atoms with E-state index in [-0.39, 0.29) is 11.4 Å². The zero-order valence-electron chi connectivity index (χ0n) is 15.4. The monoisotopic (exact) mass is 433 g/mol. The first-order valence-corrected chi connectivity index (χ1v) is 9.24. The van der Waals surface area contributed by atoms with Crippen LogP contribution in [0, 0.1) is 5.82 Å². The molecule has 10 heteroatoms. The van der Waals surface area contributed by atoms with E-state index in [1.54, 1.807) is 22.7 Å². The molecule has 0 bridgehead atoms. The second-order valence-corrected chi connectivity index (χ2v) is 7.06. The molecule has 0 fully saturated rings. The average Bonchev–Trinajstić information content (AvgIpc) is 3.27. The van der Waals surface area contributed by atoms with Crippen LogP contribution in [0.4, 0.5) is 13.2 Å². The van der Waals surface area contributed by atoms with Gasteiger partial charge in [0.1, 0.15) is 11.5 Å². The lowest BCUT2D eigenvalue weighted by Crippen LogP contribution is -2.14. The average molecular weight is 434 g/mol. The minimum absolute atomic E-state index is 0.0264. The first-order valence-electron chi connectivity index (χ1n) is 8.87. The second kappa shape index (κ2) is 7.83. The Morgan fingerprint density at radius 1 is 1.17 bits per heavy atom. The quantitative estimate of drug-likeness (QED) is 0.500. The number of alkyl halides is 2. The van der Waals surface area contributed by atoms with Crippen molar-refractivity contribution in [3.8, 4) is 22.5 Å². The summed E-state index contributed by atoms with van der Waals surface area (Å²) in [5, 5.41) is -0.101. The predicted octanol–water partition coefficient (Wildman–Crippen LogP) is 3.95. The zero-order chi connectivity index (χ0) is 21.4. The van der Waals surface area contributed by atoms with Gasteiger partial charge in [0, 0.05) is 23.5 Å². The molecule has 3 heterocycles. The van der Waals surface area contributed by atoms with Crippen molar-refractivity contribution in [2.45, 2.75) is 19.4 Å². The van der Waals surface area contributed by atoms with Gasteiger partial charge in [-0.25, -0.2) is 23.1 Å². The molecule has 4 aromatic rings. The summed E-state index contributed by atoms with van der Waals surface area (Å²) in [4.78, 5) is 19.8. The fourth-order valence-electron chi connectivity index (χ4n) is 3.31. The molecule has 1 amide bonds. The molecule has 0 saturated carbocycles. The maximum absolute atomic E-state index is 13.6. The summed E-state index contributed by atoms with van der Waals surface area (Å²) in [6, 6.07) is 7.47. The topological polar surface area (TPSA) is 78.2 Å². The normalized spacial score (nSPS) is 11.5. The molecule has 3 aromatic heterocycles. The molecule has 0 aliphatic rings. The van der Waals surface area contributed by atoms with E-state index in [0.29, 0.717) is 33.9 Å². The summed E-state index contributed by atoms with van der Waals surface area (Å²) in [6.45, 7) is -0.576. The van der Waals surface area contributed by atoms with Crippen LogP contribution in [0.2, 0.25) is 5.02 Å². The van der Waals surface area contributed by atoms with Crippen molar-refractivity contribution in [1.29, 1.82) is 0 Å². The van der Waals surface area contributed by atoms with Crippen LogP contribution in [0.1, 0.15) is 5.69 Å². The summed E-state index contributed by atoms with van der Waals surface area (Å²) in [7, 11) is 0. The summed E-state index contributed by atoms with van der Waals surface area (Å²) in [5.41, 5.74) is 8.23. The van der Waals surface area contributed by atoms with Gasteiger partial charge in [-0.05, 0) is 30.3 Å². The number of nitrogens with zero attached hydrogens (tertiary/aromatic N) is 4. The van der Waals surface area contributed by atoms with Crippen LogP contribution >= 0.6 is 11.6 Å². The molecular weight excluding hydrogens is 419 g/mol. The number of hydrogen-bond donors (Lipinski definition) is 1.